The van der Waals surface area contributed by atoms with Crippen molar-refractivity contribution >= 4 is 29.0 Å². The molecule has 1 heterocycles. The molecule has 0 radical (unpaired) electrons. The molecule has 7 heteroatoms. The fourth-order valence-electron chi connectivity index (χ4n) is 1.97. The molecule has 1 atom stereocenters. The lowest BCUT2D eigenvalue weighted by Crippen LogP contribution is -2.38. The molecule has 2 rings (SSSR count). The molecule has 1 fully saturated rings. The number of nitrogen functional groups attached to an aromatic ring is 1. The van der Waals surface area contributed by atoms with Gasteiger partial charge in [-0.15, -0.1) is 0 Å². The van der Waals surface area contributed by atoms with Gasteiger partial charge in [-0.3, -0.25) is 14.9 Å². The van der Waals surface area contributed by atoms with Crippen molar-refractivity contribution < 1.29 is 9.72 Å². The van der Waals surface area contributed by atoms with Gasteiger partial charge in [-0.25, -0.2) is 0 Å². The van der Waals surface area contributed by atoms with Gasteiger partial charge in [0, 0.05) is 23.4 Å². The molecule has 0 aromatic heterocycles. The molecule has 1 saturated heterocycles. The Balaban J connectivity index is 2.10. The lowest BCUT2D eigenvalue weighted by Gasteiger charge is -2.22. The third-order valence-corrected chi connectivity index (χ3v) is 4.20. The molecule has 0 aliphatic carbocycles. The van der Waals surface area contributed by atoms with E-state index in [4.69, 9.17) is 5.73 Å². The van der Waals surface area contributed by atoms with Gasteiger partial charge in [-0.05, 0) is 30.7 Å². The van der Waals surface area contributed by atoms with Crippen molar-refractivity contribution in [3.8, 4) is 0 Å². The summed E-state index contributed by atoms with van der Waals surface area (Å²) in [4.78, 5) is 22.2. The lowest BCUT2D eigenvalue weighted by atomic mass is 10.1. The average molecular weight is 281 g/mol. The van der Waals surface area contributed by atoms with E-state index in [1.807, 2.05) is 11.8 Å². The molecule has 1 aromatic carbocycles. The largest absolute Gasteiger partial charge is 0.393 e. The van der Waals surface area contributed by atoms with E-state index in [-0.39, 0.29) is 28.9 Å². The Morgan fingerprint density at radius 1 is 1.53 bits per heavy atom. The minimum atomic E-state index is -0.581. The SMILES string of the molecule is Nc1ccc(C(=O)NC2CCCSC2)cc1[N+](=O)[O-]. The maximum absolute atomic E-state index is 12.0. The zero-order valence-corrected chi connectivity index (χ0v) is 11.1. The first-order valence-electron chi connectivity index (χ1n) is 6.00. The number of anilines is 1. The molecule has 6 nitrogen and oxygen atoms in total. The molecule has 3 N–H and O–H groups in total. The Labute approximate surface area is 114 Å². The average Bonchev–Trinajstić information content (AvgIpc) is 2.40. The van der Waals surface area contributed by atoms with E-state index in [1.54, 1.807) is 0 Å². The topological polar surface area (TPSA) is 98.3 Å². The summed E-state index contributed by atoms with van der Waals surface area (Å²) in [5.74, 6) is 1.73. The van der Waals surface area contributed by atoms with Crippen LogP contribution in [-0.4, -0.2) is 28.4 Å². The Hall–Kier alpha value is -1.76. The van der Waals surface area contributed by atoms with E-state index in [1.165, 1.54) is 18.2 Å². The Morgan fingerprint density at radius 3 is 2.95 bits per heavy atom. The second kappa shape index (κ2) is 5.92. The first kappa shape index (κ1) is 13.7. The molecular formula is C12H15N3O3S. The third-order valence-electron chi connectivity index (χ3n) is 2.98. The highest BCUT2D eigenvalue weighted by molar-refractivity contribution is 7.99. The number of nitro benzene ring substituents is 1. The van der Waals surface area contributed by atoms with Crippen LogP contribution < -0.4 is 11.1 Å². The number of carbonyl (C=O) groups is 1. The van der Waals surface area contributed by atoms with Crippen LogP contribution in [0.5, 0.6) is 0 Å². The summed E-state index contributed by atoms with van der Waals surface area (Å²) in [5.41, 5.74) is 5.61. The van der Waals surface area contributed by atoms with E-state index in [0.717, 1.165) is 24.3 Å². The van der Waals surface area contributed by atoms with Crippen molar-refractivity contribution in [3.63, 3.8) is 0 Å². The maximum atomic E-state index is 12.0. The van der Waals surface area contributed by atoms with Crippen LogP contribution in [0.4, 0.5) is 11.4 Å². The van der Waals surface area contributed by atoms with E-state index < -0.39 is 4.92 Å². The van der Waals surface area contributed by atoms with Crippen molar-refractivity contribution in [2.75, 3.05) is 17.2 Å². The standard InChI is InChI=1S/C12H15N3O3S/c13-10-4-3-8(6-11(10)15(17)18)12(16)14-9-2-1-5-19-7-9/h3-4,6,9H,1-2,5,7,13H2,(H,14,16). The van der Waals surface area contributed by atoms with E-state index in [2.05, 4.69) is 5.32 Å². The molecular weight excluding hydrogens is 266 g/mol. The Bertz CT molecular complexity index is 501. The number of amides is 1. The van der Waals surface area contributed by atoms with Crippen LogP contribution in [0.2, 0.25) is 0 Å². The zero-order valence-electron chi connectivity index (χ0n) is 10.3. The molecule has 0 spiro atoms. The van der Waals surface area contributed by atoms with Gasteiger partial charge in [0.2, 0.25) is 0 Å². The number of thioether (sulfide) groups is 1. The molecule has 1 amide bonds. The van der Waals surface area contributed by atoms with Crippen LogP contribution in [0.25, 0.3) is 0 Å². The van der Waals surface area contributed by atoms with Crippen molar-refractivity contribution in [2.45, 2.75) is 18.9 Å². The molecule has 0 bridgehead atoms. The molecule has 19 heavy (non-hydrogen) atoms. The van der Waals surface area contributed by atoms with Gasteiger partial charge in [-0.2, -0.15) is 11.8 Å². The van der Waals surface area contributed by atoms with Gasteiger partial charge in [0.25, 0.3) is 11.6 Å². The highest BCUT2D eigenvalue weighted by Gasteiger charge is 2.19. The predicted molar refractivity (Wildman–Crippen MR) is 75.3 cm³/mol. The smallest absolute Gasteiger partial charge is 0.292 e. The quantitative estimate of drug-likeness (QED) is 0.500. The van der Waals surface area contributed by atoms with E-state index >= 15 is 0 Å². The third kappa shape index (κ3) is 3.37. The maximum Gasteiger partial charge on any atom is 0.292 e. The minimum absolute atomic E-state index is 0.0646. The number of nitrogens with one attached hydrogen (secondary N) is 1. The summed E-state index contributed by atoms with van der Waals surface area (Å²) in [6.07, 6.45) is 2.04. The highest BCUT2D eigenvalue weighted by atomic mass is 32.2. The number of hydrogen-bond donors (Lipinski definition) is 2. The summed E-state index contributed by atoms with van der Waals surface area (Å²) in [5, 5.41) is 13.7. The summed E-state index contributed by atoms with van der Waals surface area (Å²) in [7, 11) is 0. The van der Waals surface area contributed by atoms with Crippen LogP contribution in [0.1, 0.15) is 23.2 Å². The number of hydrogen-bond acceptors (Lipinski definition) is 5. The van der Waals surface area contributed by atoms with Crippen LogP contribution in [0, 0.1) is 10.1 Å². The molecule has 0 saturated carbocycles. The number of nitro groups is 1. The van der Waals surface area contributed by atoms with Crippen molar-refractivity contribution in [1.29, 1.82) is 0 Å². The monoisotopic (exact) mass is 281 g/mol. The molecule has 1 aromatic rings. The molecule has 1 aliphatic rings. The van der Waals surface area contributed by atoms with Crippen molar-refractivity contribution in [1.82, 2.24) is 5.32 Å². The highest BCUT2D eigenvalue weighted by Crippen LogP contribution is 2.23. The van der Waals surface area contributed by atoms with Crippen LogP contribution in [0.15, 0.2) is 18.2 Å². The van der Waals surface area contributed by atoms with Crippen molar-refractivity contribution in [2.24, 2.45) is 0 Å². The van der Waals surface area contributed by atoms with Crippen LogP contribution >= 0.6 is 11.8 Å². The lowest BCUT2D eigenvalue weighted by molar-refractivity contribution is -0.383. The van der Waals surface area contributed by atoms with Gasteiger partial charge in [0.15, 0.2) is 0 Å². The normalized spacial score (nSPS) is 18.8. The van der Waals surface area contributed by atoms with Gasteiger partial charge < -0.3 is 11.1 Å². The minimum Gasteiger partial charge on any atom is -0.393 e. The van der Waals surface area contributed by atoms with Crippen LogP contribution in [-0.2, 0) is 0 Å². The molecule has 1 unspecified atom stereocenters. The number of benzene rings is 1. The summed E-state index contributed by atoms with van der Waals surface area (Å²) >= 11 is 1.81. The summed E-state index contributed by atoms with van der Waals surface area (Å²) in [6, 6.07) is 4.26. The van der Waals surface area contributed by atoms with Crippen molar-refractivity contribution in [3.05, 3.63) is 33.9 Å². The Kier molecular flexibility index (Phi) is 4.26. The first-order valence-corrected chi connectivity index (χ1v) is 7.16. The second-order valence-corrected chi connectivity index (χ2v) is 5.57. The van der Waals surface area contributed by atoms with Crippen LogP contribution in [0.3, 0.4) is 0 Å². The van der Waals surface area contributed by atoms with Gasteiger partial charge in [0.05, 0.1) is 4.92 Å². The second-order valence-electron chi connectivity index (χ2n) is 4.42. The van der Waals surface area contributed by atoms with E-state index in [9.17, 15) is 14.9 Å². The van der Waals surface area contributed by atoms with Gasteiger partial charge >= 0.3 is 0 Å². The predicted octanol–water partition coefficient (Wildman–Crippen LogP) is 1.80. The van der Waals surface area contributed by atoms with Gasteiger partial charge in [-0.1, -0.05) is 0 Å². The molecule has 102 valence electrons. The number of nitrogens with two attached hydrogens (primary N) is 1. The number of rotatable bonds is 3. The zero-order chi connectivity index (χ0) is 13.8. The molecule has 1 aliphatic heterocycles. The summed E-state index contributed by atoms with van der Waals surface area (Å²) in [6.45, 7) is 0. The first-order chi connectivity index (χ1) is 9.08. The fourth-order valence-corrected chi connectivity index (χ4v) is 3.04. The Morgan fingerprint density at radius 2 is 2.32 bits per heavy atom. The van der Waals surface area contributed by atoms with Gasteiger partial charge in [0.1, 0.15) is 5.69 Å². The number of carbonyl (C=O) groups excluding carboxylic acids is 1. The fraction of sp³-hybridized carbons (Fsp3) is 0.417. The van der Waals surface area contributed by atoms with E-state index in [0.29, 0.717) is 0 Å². The summed E-state index contributed by atoms with van der Waals surface area (Å²) < 4.78 is 0. The number of nitrogens with zero attached hydrogens (tertiary/aromatic N) is 1.